The molecule has 0 saturated heterocycles. The third-order valence-corrected chi connectivity index (χ3v) is 13.3. The highest BCUT2D eigenvalue weighted by molar-refractivity contribution is 6.69. The zero-order valence-electron chi connectivity index (χ0n) is 37.9. The van der Waals surface area contributed by atoms with E-state index in [-0.39, 0.29) is 0 Å². The van der Waals surface area contributed by atoms with Gasteiger partial charge in [0.05, 0.1) is 5.71 Å². The van der Waals surface area contributed by atoms with Crippen LogP contribution >= 0.6 is 0 Å². The topological polar surface area (TPSA) is 48.2 Å². The van der Waals surface area contributed by atoms with Gasteiger partial charge in [0.1, 0.15) is 5.71 Å². The molecule has 0 amide bonds. The smallest absolute Gasteiger partial charge is 0.116 e. The lowest BCUT2D eigenvalue weighted by molar-refractivity contribution is 0.906. The van der Waals surface area contributed by atoms with E-state index in [4.69, 9.17) is 5.10 Å². The molecule has 11 rings (SSSR count). The molecule has 1 aliphatic rings. The summed E-state index contributed by atoms with van der Waals surface area (Å²) in [5.41, 5.74) is 21.6. The maximum atomic E-state index is 10.2. The van der Waals surface area contributed by atoms with Crippen molar-refractivity contribution < 1.29 is 0 Å². The SMILES string of the molecule is CN/N=C1\C(=N)C(c2cccc(-c3ccc4cc(C)ccc4c3)c2-c2ccc3cc(C)ccc3c2)=CC=C1c1cccc(-c2ccc3cc(C)ccc3c2)c1-c1ccc2cc(C)ccc2c1. The number of hydrogen-bond acceptors (Lipinski definition) is 3. The Morgan fingerprint density at radius 2 is 0.667 bits per heavy atom. The van der Waals surface area contributed by atoms with Crippen molar-refractivity contribution in [3.63, 3.8) is 0 Å². The minimum Gasteiger partial charge on any atom is -0.312 e. The molecule has 0 aliphatic heterocycles. The lowest BCUT2D eigenvalue weighted by Crippen LogP contribution is -2.23. The van der Waals surface area contributed by atoms with Crippen molar-refractivity contribution in [1.82, 2.24) is 5.43 Å². The lowest BCUT2D eigenvalue weighted by atomic mass is 9.79. The van der Waals surface area contributed by atoms with E-state index in [1.54, 1.807) is 0 Å². The Morgan fingerprint density at radius 1 is 0.348 bits per heavy atom. The largest absolute Gasteiger partial charge is 0.312 e. The molecular weight excluding hydrogens is 799 g/mol. The van der Waals surface area contributed by atoms with E-state index < -0.39 is 0 Å². The third kappa shape index (κ3) is 7.29. The minimum absolute atomic E-state index is 0.358. The highest BCUT2D eigenvalue weighted by Crippen LogP contribution is 2.45. The van der Waals surface area contributed by atoms with Gasteiger partial charge in [0, 0.05) is 18.2 Å². The highest BCUT2D eigenvalue weighted by Gasteiger charge is 2.28. The average molecular weight is 848 g/mol. The summed E-state index contributed by atoms with van der Waals surface area (Å²) < 4.78 is 0. The zero-order chi connectivity index (χ0) is 45.1. The Morgan fingerprint density at radius 3 is 1.08 bits per heavy atom. The van der Waals surface area contributed by atoms with Crippen molar-refractivity contribution >= 4 is 65.7 Å². The lowest BCUT2D eigenvalue weighted by Gasteiger charge is -2.25. The van der Waals surface area contributed by atoms with Gasteiger partial charge in [0.15, 0.2) is 0 Å². The number of nitrogens with zero attached hydrogens (tertiary/aromatic N) is 1. The minimum atomic E-state index is 0.358. The number of hydrogen-bond donors (Lipinski definition) is 2. The number of allylic oxidation sites excluding steroid dienone is 4. The molecule has 10 aromatic rings. The summed E-state index contributed by atoms with van der Waals surface area (Å²) in [7, 11) is 1.82. The van der Waals surface area contributed by atoms with E-state index in [0.717, 1.165) is 66.8 Å². The van der Waals surface area contributed by atoms with Gasteiger partial charge in [-0.3, -0.25) is 5.41 Å². The van der Waals surface area contributed by atoms with Gasteiger partial charge in [0.2, 0.25) is 0 Å². The molecule has 2 N–H and O–H groups in total. The molecule has 0 saturated carbocycles. The van der Waals surface area contributed by atoms with Crippen molar-refractivity contribution in [3.05, 3.63) is 228 Å². The number of benzene rings is 10. The summed E-state index contributed by atoms with van der Waals surface area (Å²) >= 11 is 0. The highest BCUT2D eigenvalue weighted by atomic mass is 15.3. The third-order valence-electron chi connectivity index (χ3n) is 13.3. The van der Waals surface area contributed by atoms with Gasteiger partial charge >= 0.3 is 0 Å². The standard InChI is InChI=1S/C63H49N3/c1-38-12-16-46-34-50(24-20-42(46)30-38)54-8-6-10-56(60(54)52-26-22-44-32-40(3)14-18-48(44)36-52)58-28-29-59(63(62(58)64)66-65-5)57-11-7-9-55(51-25-21-43-31-39(2)13-17-47(43)35-51)61(57)53-27-23-45-33-41(4)15-19-49(45)37-53/h6-37,64-65H,1-5H3/b64-62?,66-63-. The summed E-state index contributed by atoms with van der Waals surface area (Å²) in [6.07, 6.45) is 4.32. The molecule has 0 radical (unpaired) electrons. The van der Waals surface area contributed by atoms with Crippen LogP contribution in [0.3, 0.4) is 0 Å². The monoisotopic (exact) mass is 847 g/mol. The number of aryl methyl sites for hydroxylation is 4. The van der Waals surface area contributed by atoms with E-state index in [1.165, 1.54) is 65.3 Å². The van der Waals surface area contributed by atoms with Gasteiger partial charge < -0.3 is 5.43 Å². The predicted octanol–water partition coefficient (Wildman–Crippen LogP) is 16.3. The first-order valence-electron chi connectivity index (χ1n) is 22.8. The van der Waals surface area contributed by atoms with Crippen LogP contribution in [0.4, 0.5) is 0 Å². The van der Waals surface area contributed by atoms with Crippen molar-refractivity contribution in [1.29, 1.82) is 5.41 Å². The molecule has 0 unspecified atom stereocenters. The molecule has 0 aromatic heterocycles. The van der Waals surface area contributed by atoms with Gasteiger partial charge in [-0.15, -0.1) is 0 Å². The second-order valence-electron chi connectivity index (χ2n) is 17.9. The number of rotatable bonds is 7. The molecule has 0 fully saturated rings. The van der Waals surface area contributed by atoms with Crippen LogP contribution in [0, 0.1) is 33.1 Å². The summed E-state index contributed by atoms with van der Waals surface area (Å²) in [6, 6.07) is 66.8. The summed E-state index contributed by atoms with van der Waals surface area (Å²) in [4.78, 5) is 0. The fourth-order valence-electron chi connectivity index (χ4n) is 10.0. The van der Waals surface area contributed by atoms with E-state index >= 15 is 0 Å². The fourth-order valence-corrected chi connectivity index (χ4v) is 10.0. The second-order valence-corrected chi connectivity index (χ2v) is 17.9. The van der Waals surface area contributed by atoms with Crippen LogP contribution in [0.2, 0.25) is 0 Å². The van der Waals surface area contributed by atoms with Crippen LogP contribution < -0.4 is 5.43 Å². The molecule has 3 nitrogen and oxygen atoms in total. The first kappa shape index (κ1) is 40.6. The number of hydrazone groups is 1. The van der Waals surface area contributed by atoms with Crippen LogP contribution in [0.1, 0.15) is 33.4 Å². The predicted molar refractivity (Wildman–Crippen MR) is 284 cm³/mol. The van der Waals surface area contributed by atoms with Crippen LogP contribution in [0.5, 0.6) is 0 Å². The van der Waals surface area contributed by atoms with Gasteiger partial charge in [-0.25, -0.2) is 0 Å². The number of fused-ring (bicyclic) bond motifs is 4. The van der Waals surface area contributed by atoms with E-state index in [1.807, 2.05) is 7.05 Å². The van der Waals surface area contributed by atoms with E-state index in [0.29, 0.717) is 11.4 Å². The normalized spacial score (nSPS) is 13.5. The molecule has 316 valence electrons. The molecule has 1 aliphatic carbocycles. The Balaban J connectivity index is 1.13. The molecule has 0 spiro atoms. The van der Waals surface area contributed by atoms with E-state index in [9.17, 15) is 5.41 Å². The van der Waals surface area contributed by atoms with Gasteiger partial charge in [0.25, 0.3) is 0 Å². The van der Waals surface area contributed by atoms with Crippen molar-refractivity contribution in [2.75, 3.05) is 7.05 Å². The Bertz CT molecular complexity index is 3750. The molecular formula is C63H49N3. The average Bonchev–Trinajstić information content (AvgIpc) is 3.33. The van der Waals surface area contributed by atoms with Crippen molar-refractivity contribution in [2.24, 2.45) is 5.10 Å². The van der Waals surface area contributed by atoms with Crippen LogP contribution in [-0.2, 0) is 0 Å². The fraction of sp³-hybridized carbons (Fsp3) is 0.0794. The van der Waals surface area contributed by atoms with Gasteiger partial charge in [-0.05, 0) is 151 Å². The molecule has 3 heteroatoms. The quantitative estimate of drug-likeness (QED) is 0.122. The Hall–Kier alpha value is -8.14. The second kappa shape index (κ2) is 16.4. The van der Waals surface area contributed by atoms with Gasteiger partial charge in [-0.2, -0.15) is 5.10 Å². The maximum Gasteiger partial charge on any atom is 0.116 e. The molecule has 0 heterocycles. The Labute approximate surface area is 386 Å². The first-order chi connectivity index (χ1) is 32.2. The van der Waals surface area contributed by atoms with Crippen LogP contribution in [-0.4, -0.2) is 18.5 Å². The molecule has 0 bridgehead atoms. The maximum absolute atomic E-state index is 10.2. The zero-order valence-corrected chi connectivity index (χ0v) is 37.9. The summed E-state index contributed by atoms with van der Waals surface area (Å²) in [6.45, 7) is 8.56. The summed E-state index contributed by atoms with van der Waals surface area (Å²) in [5, 5.41) is 24.8. The van der Waals surface area contributed by atoms with E-state index in [2.05, 4.69) is 227 Å². The molecule has 10 aromatic carbocycles. The van der Waals surface area contributed by atoms with Gasteiger partial charge in [-0.1, -0.05) is 192 Å². The van der Waals surface area contributed by atoms with Crippen molar-refractivity contribution in [2.45, 2.75) is 27.7 Å². The Kier molecular flexibility index (Phi) is 10.1. The molecule has 0 atom stereocenters. The van der Waals surface area contributed by atoms with Crippen molar-refractivity contribution in [3.8, 4) is 44.5 Å². The summed E-state index contributed by atoms with van der Waals surface area (Å²) in [5.74, 6) is 0. The first-order valence-corrected chi connectivity index (χ1v) is 22.8. The number of nitrogens with one attached hydrogen (secondary N) is 2. The molecule has 66 heavy (non-hydrogen) atoms. The van der Waals surface area contributed by atoms with Crippen LogP contribution in [0.15, 0.2) is 199 Å². The van der Waals surface area contributed by atoms with Crippen LogP contribution in [0.25, 0.3) is 98.7 Å².